The summed E-state index contributed by atoms with van der Waals surface area (Å²) in [6, 6.07) is -0.538. The number of Topliss-reactive ketones (excluding diaryl/α,β-unsaturated/α-hetero) is 1. The molecule has 0 aromatic heterocycles. The second kappa shape index (κ2) is 10.7. The van der Waals surface area contributed by atoms with E-state index in [9.17, 15) is 14.4 Å². The van der Waals surface area contributed by atoms with E-state index in [2.05, 4.69) is 5.32 Å². The van der Waals surface area contributed by atoms with Crippen LogP contribution in [0.15, 0.2) is 0 Å². The summed E-state index contributed by atoms with van der Waals surface area (Å²) < 4.78 is 5.10. The van der Waals surface area contributed by atoms with Gasteiger partial charge in [-0.3, -0.25) is 14.4 Å². The van der Waals surface area contributed by atoms with Crippen molar-refractivity contribution in [2.24, 2.45) is 0 Å². The van der Waals surface area contributed by atoms with Gasteiger partial charge in [0.05, 0.1) is 24.3 Å². The molecule has 0 aliphatic rings. The smallest absolute Gasteiger partial charge is 0.307 e. The lowest BCUT2D eigenvalue weighted by molar-refractivity contribution is -0.144. The third-order valence-corrected chi connectivity index (χ3v) is 4.06. The average molecular weight is 317 g/mol. The molecule has 0 saturated carbocycles. The minimum absolute atomic E-state index is 0.0308. The quantitative estimate of drug-likeness (QED) is 0.494. The van der Waals surface area contributed by atoms with Crippen LogP contribution in [0.1, 0.15) is 53.9 Å². The highest BCUT2D eigenvalue weighted by molar-refractivity contribution is 8.01. The maximum absolute atomic E-state index is 12.2. The Balaban J connectivity index is 4.53. The van der Waals surface area contributed by atoms with Gasteiger partial charge in [-0.05, 0) is 25.5 Å². The maximum atomic E-state index is 12.2. The van der Waals surface area contributed by atoms with Crippen molar-refractivity contribution in [3.05, 3.63) is 0 Å². The number of ketones is 1. The largest absolute Gasteiger partial charge is 0.466 e. The van der Waals surface area contributed by atoms with Gasteiger partial charge in [0.1, 0.15) is 0 Å². The summed E-state index contributed by atoms with van der Waals surface area (Å²) in [7, 11) is 0. The van der Waals surface area contributed by atoms with Gasteiger partial charge in [0.15, 0.2) is 5.78 Å². The van der Waals surface area contributed by atoms with E-state index in [0.29, 0.717) is 6.61 Å². The molecular weight excluding hydrogens is 290 g/mol. The standard InChI is InChI=1S/C15H27NO4S/c1-6-7-8-20-14(18)9-13(21-10(2)3)15(19)16-11(4)12(5)17/h10-11,13H,6-9H2,1-5H3,(H,16,19)/t11-,13+/m0/s1. The second-order valence-electron chi connectivity index (χ2n) is 5.29. The van der Waals surface area contributed by atoms with Gasteiger partial charge >= 0.3 is 5.97 Å². The Bertz CT molecular complexity index is 358. The molecule has 0 saturated heterocycles. The summed E-state index contributed by atoms with van der Waals surface area (Å²) in [6.45, 7) is 9.39. The number of nitrogens with one attached hydrogen (secondary N) is 1. The number of carbonyl (C=O) groups is 3. The van der Waals surface area contributed by atoms with Crippen molar-refractivity contribution < 1.29 is 19.1 Å². The molecule has 0 aromatic carbocycles. The third kappa shape index (κ3) is 9.50. The zero-order chi connectivity index (χ0) is 16.4. The predicted molar refractivity (Wildman–Crippen MR) is 85.3 cm³/mol. The van der Waals surface area contributed by atoms with Crippen molar-refractivity contribution in [2.45, 2.75) is 70.4 Å². The Morgan fingerprint density at radius 3 is 2.29 bits per heavy atom. The molecule has 0 rings (SSSR count). The molecule has 5 nitrogen and oxygen atoms in total. The predicted octanol–water partition coefficient (Wildman–Crippen LogP) is 2.32. The number of ether oxygens (including phenoxy) is 1. The molecule has 0 bridgehead atoms. The molecule has 2 atom stereocenters. The number of carbonyl (C=O) groups excluding carboxylic acids is 3. The summed E-state index contributed by atoms with van der Waals surface area (Å²) in [5, 5.41) is 2.32. The average Bonchev–Trinajstić information content (AvgIpc) is 2.37. The van der Waals surface area contributed by atoms with E-state index in [1.165, 1.54) is 18.7 Å². The molecular formula is C15H27NO4S. The van der Waals surface area contributed by atoms with Crippen LogP contribution < -0.4 is 5.32 Å². The van der Waals surface area contributed by atoms with Gasteiger partial charge in [0.2, 0.25) is 5.91 Å². The normalized spacial score (nSPS) is 13.6. The molecule has 0 aromatic rings. The lowest BCUT2D eigenvalue weighted by Gasteiger charge is -2.19. The summed E-state index contributed by atoms with van der Waals surface area (Å²) in [6.07, 6.45) is 1.80. The highest BCUT2D eigenvalue weighted by atomic mass is 32.2. The van der Waals surface area contributed by atoms with Gasteiger partial charge in [-0.1, -0.05) is 27.2 Å². The maximum Gasteiger partial charge on any atom is 0.307 e. The molecule has 0 unspecified atom stereocenters. The minimum atomic E-state index is -0.538. The minimum Gasteiger partial charge on any atom is -0.466 e. The lowest BCUT2D eigenvalue weighted by Crippen LogP contribution is -2.43. The summed E-state index contributed by atoms with van der Waals surface area (Å²) >= 11 is 1.40. The van der Waals surface area contributed by atoms with E-state index >= 15 is 0 Å². The first-order valence-corrected chi connectivity index (χ1v) is 8.34. The molecule has 0 fully saturated rings. The first kappa shape index (κ1) is 20.0. The Labute approximate surface area is 131 Å². The van der Waals surface area contributed by atoms with E-state index in [0.717, 1.165) is 12.8 Å². The topological polar surface area (TPSA) is 72.5 Å². The van der Waals surface area contributed by atoms with Crippen molar-refractivity contribution in [1.82, 2.24) is 5.32 Å². The molecule has 1 N–H and O–H groups in total. The third-order valence-electron chi connectivity index (χ3n) is 2.81. The van der Waals surface area contributed by atoms with Crippen molar-refractivity contribution in [1.29, 1.82) is 0 Å². The number of rotatable bonds is 10. The van der Waals surface area contributed by atoms with Crippen LogP contribution in [0, 0.1) is 0 Å². The van der Waals surface area contributed by atoms with Crippen LogP contribution in [0.4, 0.5) is 0 Å². The van der Waals surface area contributed by atoms with E-state index in [1.807, 2.05) is 20.8 Å². The fourth-order valence-electron chi connectivity index (χ4n) is 1.48. The Morgan fingerprint density at radius 2 is 1.81 bits per heavy atom. The molecule has 0 aliphatic carbocycles. The Morgan fingerprint density at radius 1 is 1.19 bits per heavy atom. The van der Waals surface area contributed by atoms with Crippen LogP contribution >= 0.6 is 11.8 Å². The van der Waals surface area contributed by atoms with Gasteiger partial charge in [-0.25, -0.2) is 0 Å². The van der Waals surface area contributed by atoms with Crippen molar-refractivity contribution in [3.8, 4) is 0 Å². The van der Waals surface area contributed by atoms with E-state index in [1.54, 1.807) is 6.92 Å². The van der Waals surface area contributed by atoms with Crippen molar-refractivity contribution in [2.75, 3.05) is 6.61 Å². The molecule has 1 amide bonds. The van der Waals surface area contributed by atoms with Crippen LogP contribution in [0.5, 0.6) is 0 Å². The summed E-state index contributed by atoms with van der Waals surface area (Å²) in [4.78, 5) is 35.1. The molecule has 21 heavy (non-hydrogen) atoms. The lowest BCUT2D eigenvalue weighted by atomic mass is 10.2. The summed E-state index contributed by atoms with van der Waals surface area (Å²) in [5.41, 5.74) is 0. The summed E-state index contributed by atoms with van der Waals surface area (Å²) in [5.74, 6) is -0.766. The first-order chi connectivity index (χ1) is 9.77. The van der Waals surface area contributed by atoms with Crippen molar-refractivity contribution >= 4 is 29.4 Å². The fourth-order valence-corrected chi connectivity index (χ4v) is 2.56. The molecule has 0 heterocycles. The molecule has 122 valence electrons. The van der Waals surface area contributed by atoms with Crippen LogP contribution in [-0.2, 0) is 19.1 Å². The Kier molecular flexibility index (Phi) is 10.1. The van der Waals surface area contributed by atoms with Crippen LogP contribution in [0.25, 0.3) is 0 Å². The molecule has 6 heteroatoms. The van der Waals surface area contributed by atoms with Gasteiger partial charge in [0, 0.05) is 0 Å². The van der Waals surface area contributed by atoms with Gasteiger partial charge in [-0.15, -0.1) is 11.8 Å². The monoisotopic (exact) mass is 317 g/mol. The zero-order valence-corrected chi connectivity index (χ0v) is 14.4. The number of amides is 1. The number of esters is 1. The van der Waals surface area contributed by atoms with Crippen molar-refractivity contribution in [3.63, 3.8) is 0 Å². The number of hydrogen-bond donors (Lipinski definition) is 1. The van der Waals surface area contributed by atoms with Crippen LogP contribution in [0.2, 0.25) is 0 Å². The van der Waals surface area contributed by atoms with Gasteiger partial charge in [0.25, 0.3) is 0 Å². The van der Waals surface area contributed by atoms with Crippen LogP contribution in [-0.4, -0.2) is 40.8 Å². The second-order valence-corrected chi connectivity index (χ2v) is 7.08. The number of unbranched alkanes of at least 4 members (excludes halogenated alkanes) is 1. The molecule has 0 aliphatic heterocycles. The first-order valence-electron chi connectivity index (χ1n) is 7.39. The highest BCUT2D eigenvalue weighted by Gasteiger charge is 2.26. The molecule has 0 spiro atoms. The van der Waals surface area contributed by atoms with Crippen LogP contribution in [0.3, 0.4) is 0 Å². The van der Waals surface area contributed by atoms with E-state index < -0.39 is 11.3 Å². The SMILES string of the molecule is CCCCOC(=O)C[C@@H](SC(C)C)C(=O)N[C@@H](C)C(C)=O. The zero-order valence-electron chi connectivity index (χ0n) is 13.6. The van der Waals surface area contributed by atoms with Gasteiger partial charge < -0.3 is 10.1 Å². The Hall–Kier alpha value is -1.04. The van der Waals surface area contributed by atoms with E-state index in [-0.39, 0.29) is 29.3 Å². The fraction of sp³-hybridized carbons (Fsp3) is 0.800. The molecule has 0 radical (unpaired) electrons. The number of hydrogen-bond acceptors (Lipinski definition) is 5. The highest BCUT2D eigenvalue weighted by Crippen LogP contribution is 2.21. The van der Waals surface area contributed by atoms with E-state index in [4.69, 9.17) is 4.74 Å². The number of thioether (sulfide) groups is 1. The van der Waals surface area contributed by atoms with Gasteiger partial charge in [-0.2, -0.15) is 0 Å².